The molecule has 0 aromatic carbocycles. The summed E-state index contributed by atoms with van der Waals surface area (Å²) in [5, 5.41) is 20.8. The number of carboxylic acid groups (broad SMARTS) is 1. The van der Waals surface area contributed by atoms with Crippen LogP contribution in [0.25, 0.3) is 0 Å². The number of ether oxygens (including phenoxy) is 2. The van der Waals surface area contributed by atoms with E-state index < -0.39 is 41.2 Å². The molecule has 1 aromatic heterocycles. The Kier molecular flexibility index (Phi) is 28.7. The lowest BCUT2D eigenvalue weighted by molar-refractivity contribution is -0.153. The number of aliphatic carboxylic acids is 1. The third-order valence-electron chi connectivity index (χ3n) is 7.56. The molecule has 16 nitrogen and oxygen atoms in total. The molecule has 1 rings (SSSR count). The number of hydrogen-bond acceptors (Lipinski definition) is 9. The van der Waals surface area contributed by atoms with Gasteiger partial charge in [-0.05, 0) is 57.1 Å². The van der Waals surface area contributed by atoms with E-state index in [4.69, 9.17) is 31.5 Å². The summed E-state index contributed by atoms with van der Waals surface area (Å²) in [4.78, 5) is 69.9. The van der Waals surface area contributed by atoms with Gasteiger partial charge in [-0.2, -0.15) is 4.99 Å². The standard InChI is InChI=1S/C38H53N3O8.C4H11N5/c1-4-5-6-7-8-9-10-11-12-13-14-15-16-17-18-19-20-23-34(45)48-30-38(2,3)35(49-37(47)31-22-21-26-39-29-31)36(46)41-27-24-32(42)40-28-25-33(43)44;1-9(2)4(7)8-3(5)6/h5-6,8-9,11-12,14-15,17-18,21-22,26,29,35H,4,7,10,13,16,19-20,23-25,27-28,30H2,1-3H3,(H,40,42)(H,41,46)(H,43,44);1-2H3,(H5,5,6,7,8)/b6-5-,9-8-,12-11-,15-14-,18-17-;/t35-;/m0./s1. The predicted molar refractivity (Wildman–Crippen MR) is 227 cm³/mol. The molecular formula is C42H64N8O8. The van der Waals surface area contributed by atoms with E-state index in [1.807, 2.05) is 6.08 Å². The molecule has 0 saturated carbocycles. The number of pyridine rings is 1. The number of hydrogen-bond donors (Lipinski definition) is 6. The third kappa shape index (κ3) is 28.4. The zero-order chi connectivity index (χ0) is 43.6. The van der Waals surface area contributed by atoms with E-state index in [2.05, 4.69) is 82.2 Å². The molecule has 320 valence electrons. The van der Waals surface area contributed by atoms with Crippen molar-refractivity contribution in [2.45, 2.75) is 91.1 Å². The van der Waals surface area contributed by atoms with Gasteiger partial charge in [0.2, 0.25) is 11.9 Å². The van der Waals surface area contributed by atoms with Gasteiger partial charge in [0.15, 0.2) is 12.1 Å². The summed E-state index contributed by atoms with van der Waals surface area (Å²) >= 11 is 0. The fraction of sp³-hybridized carbons (Fsp3) is 0.476. The molecule has 1 heterocycles. The predicted octanol–water partition coefficient (Wildman–Crippen LogP) is 4.95. The highest BCUT2D eigenvalue weighted by molar-refractivity contribution is 5.92. The number of rotatable bonds is 25. The Labute approximate surface area is 343 Å². The Morgan fingerprint density at radius 2 is 1.47 bits per heavy atom. The van der Waals surface area contributed by atoms with E-state index in [0.717, 1.165) is 32.1 Å². The summed E-state index contributed by atoms with van der Waals surface area (Å²) in [6.45, 7) is 5.09. The molecule has 0 bridgehead atoms. The quantitative estimate of drug-likeness (QED) is 0.0252. The second-order valence-electron chi connectivity index (χ2n) is 13.6. The topological polar surface area (TPSA) is 252 Å². The number of nitrogens with two attached hydrogens (primary N) is 2. The van der Waals surface area contributed by atoms with E-state index in [1.54, 1.807) is 34.0 Å². The van der Waals surface area contributed by atoms with Crippen LogP contribution in [0.15, 0.2) is 90.3 Å². The van der Waals surface area contributed by atoms with Gasteiger partial charge in [0.1, 0.15) is 6.61 Å². The van der Waals surface area contributed by atoms with Gasteiger partial charge in [0.05, 0.1) is 12.0 Å². The first kappa shape index (κ1) is 51.9. The molecule has 0 radical (unpaired) electrons. The lowest BCUT2D eigenvalue weighted by Crippen LogP contribution is -2.49. The average Bonchev–Trinajstić information content (AvgIpc) is 3.17. The average molecular weight is 809 g/mol. The first-order chi connectivity index (χ1) is 27.6. The fourth-order valence-corrected chi connectivity index (χ4v) is 4.39. The zero-order valence-corrected chi connectivity index (χ0v) is 34.7. The summed E-state index contributed by atoms with van der Waals surface area (Å²) in [6, 6.07) is 3.05. The number of amides is 2. The molecule has 1 aromatic rings. The van der Waals surface area contributed by atoms with Crippen molar-refractivity contribution in [3.63, 3.8) is 0 Å². The number of nitrogens with one attached hydrogen (secondary N) is 3. The molecule has 1 atom stereocenters. The van der Waals surface area contributed by atoms with Crippen LogP contribution in [0.2, 0.25) is 0 Å². The van der Waals surface area contributed by atoms with Crippen LogP contribution in [0.3, 0.4) is 0 Å². The minimum Gasteiger partial charge on any atom is -0.481 e. The van der Waals surface area contributed by atoms with Crippen LogP contribution >= 0.6 is 0 Å². The highest BCUT2D eigenvalue weighted by Gasteiger charge is 2.40. The van der Waals surface area contributed by atoms with E-state index in [9.17, 15) is 24.0 Å². The molecule has 0 aliphatic rings. The number of nitrogens with zero attached hydrogens (tertiary/aromatic N) is 3. The van der Waals surface area contributed by atoms with Crippen molar-refractivity contribution >= 4 is 41.6 Å². The third-order valence-corrected chi connectivity index (χ3v) is 7.56. The molecule has 2 amide bonds. The van der Waals surface area contributed by atoms with Crippen molar-refractivity contribution in [2.24, 2.45) is 21.9 Å². The van der Waals surface area contributed by atoms with Crippen LogP contribution in [0.5, 0.6) is 0 Å². The largest absolute Gasteiger partial charge is 0.481 e. The Bertz CT molecular complexity index is 1580. The zero-order valence-electron chi connectivity index (χ0n) is 34.7. The van der Waals surface area contributed by atoms with Crippen molar-refractivity contribution < 1.29 is 38.6 Å². The summed E-state index contributed by atoms with van der Waals surface area (Å²) in [5.74, 6) is -3.41. The monoisotopic (exact) mass is 808 g/mol. The second kappa shape index (κ2) is 32.1. The molecule has 0 saturated heterocycles. The van der Waals surface area contributed by atoms with Gasteiger partial charge in [-0.3, -0.25) is 29.6 Å². The fourth-order valence-electron chi connectivity index (χ4n) is 4.39. The molecular weight excluding hydrogens is 745 g/mol. The molecule has 0 aliphatic carbocycles. The minimum absolute atomic E-state index is 0.0336. The highest BCUT2D eigenvalue weighted by atomic mass is 16.6. The highest BCUT2D eigenvalue weighted by Crippen LogP contribution is 2.26. The molecule has 58 heavy (non-hydrogen) atoms. The number of esters is 2. The van der Waals surface area contributed by atoms with E-state index >= 15 is 0 Å². The summed E-state index contributed by atoms with van der Waals surface area (Å²) < 4.78 is 11.0. The number of allylic oxidation sites excluding steroid dienone is 10. The maximum atomic E-state index is 13.2. The second-order valence-corrected chi connectivity index (χ2v) is 13.6. The molecule has 8 N–H and O–H groups in total. The smallest absolute Gasteiger partial charge is 0.340 e. The molecule has 0 aliphatic heterocycles. The van der Waals surface area contributed by atoms with Crippen LogP contribution in [0.4, 0.5) is 0 Å². The van der Waals surface area contributed by atoms with E-state index in [0.29, 0.717) is 12.8 Å². The SMILES string of the molecule is CC/C=C\C/C=C\C/C=C\C/C=C\C/C=C\CCCC(=O)OCC(C)(C)[C@@H](OC(=O)c1cccnc1)C(=O)NCCC(=O)NCCC(=O)O.CN(C)C(=N)N=C(N)N. The molecule has 0 fully saturated rings. The van der Waals surface area contributed by atoms with E-state index in [-0.39, 0.29) is 56.4 Å². The van der Waals surface area contributed by atoms with Crippen molar-refractivity contribution in [1.29, 1.82) is 5.41 Å². The Morgan fingerprint density at radius 3 is 1.97 bits per heavy atom. The first-order valence-electron chi connectivity index (χ1n) is 19.2. The van der Waals surface area contributed by atoms with Crippen LogP contribution in [0, 0.1) is 10.8 Å². The van der Waals surface area contributed by atoms with Crippen molar-refractivity contribution in [2.75, 3.05) is 33.8 Å². The maximum Gasteiger partial charge on any atom is 0.340 e. The molecule has 0 unspecified atom stereocenters. The minimum atomic E-state index is -1.36. The Balaban J connectivity index is 0.00000320. The van der Waals surface area contributed by atoms with Gasteiger partial charge < -0.3 is 41.6 Å². The van der Waals surface area contributed by atoms with Crippen LogP contribution in [0.1, 0.15) is 95.3 Å². The lowest BCUT2D eigenvalue weighted by Gasteiger charge is -2.32. The molecule has 16 heteroatoms. The lowest BCUT2D eigenvalue weighted by atomic mass is 9.86. The number of aliphatic imine (C=N–C) groups is 1. The van der Waals surface area contributed by atoms with Crippen molar-refractivity contribution in [3.05, 3.63) is 90.9 Å². The van der Waals surface area contributed by atoms with Gasteiger partial charge >= 0.3 is 17.9 Å². The van der Waals surface area contributed by atoms with Gasteiger partial charge in [0.25, 0.3) is 5.91 Å². The summed E-state index contributed by atoms with van der Waals surface area (Å²) in [7, 11) is 3.38. The van der Waals surface area contributed by atoms with E-state index in [1.165, 1.54) is 23.4 Å². The number of unbranched alkanes of at least 4 members (excludes halogenated alkanes) is 1. The van der Waals surface area contributed by atoms with Crippen LogP contribution < -0.4 is 22.1 Å². The Hall–Kier alpha value is -6.06. The van der Waals surface area contributed by atoms with Crippen LogP contribution in [-0.4, -0.2) is 96.5 Å². The van der Waals surface area contributed by atoms with Gasteiger partial charge in [-0.1, -0.05) is 81.5 Å². The number of carboxylic acids is 1. The van der Waals surface area contributed by atoms with Crippen LogP contribution in [-0.2, 0) is 28.7 Å². The van der Waals surface area contributed by atoms with Gasteiger partial charge in [-0.15, -0.1) is 0 Å². The first-order valence-corrected chi connectivity index (χ1v) is 19.2. The normalized spacial score (nSPS) is 11.9. The van der Waals surface area contributed by atoms with Gasteiger partial charge in [-0.25, -0.2) is 4.79 Å². The van der Waals surface area contributed by atoms with Crippen molar-refractivity contribution in [1.82, 2.24) is 20.5 Å². The van der Waals surface area contributed by atoms with Crippen molar-refractivity contribution in [3.8, 4) is 0 Å². The number of aromatic nitrogens is 1. The number of carbonyl (C=O) groups is 5. The number of carbonyl (C=O) groups excluding carboxylic acids is 4. The Morgan fingerprint density at radius 1 is 0.897 bits per heavy atom. The molecule has 0 spiro atoms. The number of guanidine groups is 2. The summed E-state index contributed by atoms with van der Waals surface area (Å²) in [5.41, 5.74) is 9.00. The van der Waals surface area contributed by atoms with Gasteiger partial charge in [0, 0.05) is 57.8 Å². The maximum absolute atomic E-state index is 13.2. The summed E-state index contributed by atoms with van der Waals surface area (Å²) in [6.07, 6.45) is 28.6.